The van der Waals surface area contributed by atoms with E-state index in [1.807, 2.05) is 0 Å². The molecular weight excluding hydrogens is 496 g/mol. The van der Waals surface area contributed by atoms with E-state index in [2.05, 4.69) is 40.2 Å². The molecule has 0 bridgehead atoms. The van der Waals surface area contributed by atoms with E-state index in [0.717, 1.165) is 4.48 Å². The van der Waals surface area contributed by atoms with Crippen LogP contribution in [0.3, 0.4) is 0 Å². The summed E-state index contributed by atoms with van der Waals surface area (Å²) < 4.78 is 1.15. The molecule has 0 heterocycles. The van der Waals surface area contributed by atoms with E-state index >= 15 is 0 Å². The predicted molar refractivity (Wildman–Crippen MR) is 189 cm³/mol. The summed E-state index contributed by atoms with van der Waals surface area (Å²) in [6.45, 7) is 9.51. The molecule has 0 aromatic carbocycles. The Labute approximate surface area is 262 Å². The normalized spacial score (nSPS) is 12.8. The summed E-state index contributed by atoms with van der Waals surface area (Å²) in [4.78, 5) is 0. The van der Waals surface area contributed by atoms with Crippen LogP contribution < -0.4 is 5.32 Å². The molecule has 0 fully saturated rings. The van der Waals surface area contributed by atoms with Crippen molar-refractivity contribution in [3.63, 3.8) is 0 Å². The van der Waals surface area contributed by atoms with Crippen molar-refractivity contribution in [1.82, 2.24) is 5.32 Å². The van der Waals surface area contributed by atoms with Crippen LogP contribution in [0.15, 0.2) is 0 Å². The molecule has 0 saturated heterocycles. The van der Waals surface area contributed by atoms with Crippen LogP contribution in [0.5, 0.6) is 0 Å². The van der Waals surface area contributed by atoms with Gasteiger partial charge in [-0.3, -0.25) is 5.32 Å². The maximum absolute atomic E-state index is 3.93. The van der Waals surface area contributed by atoms with Crippen LogP contribution in [-0.4, -0.2) is 37.8 Å². The number of nitrogens with zero attached hydrogens (tertiary/aromatic N) is 1. The van der Waals surface area contributed by atoms with Gasteiger partial charge in [-0.15, -0.1) is 0 Å². The molecule has 2 heteroatoms. The van der Waals surface area contributed by atoms with Crippen LogP contribution in [0.2, 0.25) is 0 Å². The van der Waals surface area contributed by atoms with Gasteiger partial charge in [0.15, 0.2) is 0 Å². The first-order chi connectivity index (χ1) is 20.1. The topological polar surface area (TPSA) is 12.0 Å². The van der Waals surface area contributed by atoms with Crippen molar-refractivity contribution in [1.29, 1.82) is 0 Å². The smallest absolute Gasteiger partial charge is 0.142 e. The van der Waals surface area contributed by atoms with Gasteiger partial charge in [-0.2, -0.15) is 0 Å². The van der Waals surface area contributed by atoms with Gasteiger partial charge in [-0.1, -0.05) is 194 Å². The number of quaternary nitrogens is 1. The number of unbranched alkanes of at least 4 members (excludes halogenated alkanes) is 28. The van der Waals surface area contributed by atoms with Gasteiger partial charge < -0.3 is 4.48 Å². The van der Waals surface area contributed by atoms with Crippen molar-refractivity contribution in [2.24, 2.45) is 0 Å². The second-order valence-corrected chi connectivity index (χ2v) is 14.3. The Morgan fingerprint density at radius 1 is 0.366 bits per heavy atom. The van der Waals surface area contributed by atoms with Crippen molar-refractivity contribution >= 4 is 0 Å². The molecule has 2 nitrogen and oxygen atoms in total. The molecule has 0 aromatic heterocycles. The van der Waals surface area contributed by atoms with E-state index in [1.54, 1.807) is 0 Å². The lowest BCUT2D eigenvalue weighted by Crippen LogP contribution is -2.56. The number of nitrogens with one attached hydrogen (secondary N) is 1. The zero-order chi connectivity index (χ0) is 30.1. The minimum Gasteiger partial charge on any atom is -0.314 e. The Bertz CT molecular complexity index is 474. The van der Waals surface area contributed by atoms with E-state index in [9.17, 15) is 0 Å². The molecule has 0 aromatic rings. The highest BCUT2D eigenvalue weighted by Gasteiger charge is 2.25. The minimum absolute atomic E-state index is 0.619. The van der Waals surface area contributed by atoms with Gasteiger partial charge >= 0.3 is 0 Å². The van der Waals surface area contributed by atoms with Gasteiger partial charge in [0.05, 0.1) is 20.6 Å². The van der Waals surface area contributed by atoms with E-state index < -0.39 is 0 Å². The Hall–Kier alpha value is -0.0800. The summed E-state index contributed by atoms with van der Waals surface area (Å²) in [7, 11) is 4.91. The maximum Gasteiger partial charge on any atom is 0.142 e. The monoisotopic (exact) mass is 580 g/mol. The molecule has 248 valence electrons. The quantitative estimate of drug-likeness (QED) is 0.0447. The summed E-state index contributed by atoms with van der Waals surface area (Å²) in [6, 6.07) is 0. The third-order valence-corrected chi connectivity index (χ3v) is 9.73. The Morgan fingerprint density at radius 3 is 0.927 bits per heavy atom. The highest BCUT2D eigenvalue weighted by Crippen LogP contribution is 2.16. The fourth-order valence-corrected chi connectivity index (χ4v) is 6.70. The van der Waals surface area contributed by atoms with Crippen LogP contribution in [-0.2, 0) is 0 Å². The summed E-state index contributed by atoms with van der Waals surface area (Å²) in [5, 5.41) is 3.93. The largest absolute Gasteiger partial charge is 0.314 e. The Morgan fingerprint density at radius 2 is 0.634 bits per heavy atom. The summed E-state index contributed by atoms with van der Waals surface area (Å²) in [5.74, 6) is 0. The first-order valence-corrected chi connectivity index (χ1v) is 19.6. The number of hydrogen-bond acceptors (Lipinski definition) is 1. The van der Waals surface area contributed by atoms with Gasteiger partial charge in [0.1, 0.15) is 6.17 Å². The molecule has 0 amide bonds. The van der Waals surface area contributed by atoms with Crippen LogP contribution in [0.25, 0.3) is 0 Å². The average Bonchev–Trinajstić information content (AvgIpc) is 2.96. The number of rotatable bonds is 35. The van der Waals surface area contributed by atoms with Crippen LogP contribution >= 0.6 is 0 Å². The zero-order valence-electron chi connectivity index (χ0n) is 29.9. The van der Waals surface area contributed by atoms with Crippen molar-refractivity contribution < 1.29 is 4.48 Å². The first-order valence-electron chi connectivity index (χ1n) is 19.6. The SMILES string of the molecule is CCCCCCCCCCCCCCCCCCNC(CC)[N+](C)(C)CCCCCCCCCCCCCCCC. The van der Waals surface area contributed by atoms with Crippen LogP contribution in [0.4, 0.5) is 0 Å². The van der Waals surface area contributed by atoms with Gasteiger partial charge in [-0.25, -0.2) is 0 Å². The lowest BCUT2D eigenvalue weighted by atomic mass is 10.0. The Balaban J connectivity index is 3.51. The number of hydrogen-bond donors (Lipinski definition) is 1. The van der Waals surface area contributed by atoms with Crippen molar-refractivity contribution in [3.05, 3.63) is 0 Å². The molecule has 0 aliphatic rings. The van der Waals surface area contributed by atoms with Gasteiger partial charge in [0.2, 0.25) is 0 Å². The molecule has 0 aliphatic carbocycles. The zero-order valence-corrected chi connectivity index (χ0v) is 29.9. The molecule has 1 N–H and O–H groups in total. The summed E-state index contributed by atoms with van der Waals surface area (Å²) in [6.07, 6.45) is 45.3. The van der Waals surface area contributed by atoms with E-state index in [4.69, 9.17) is 0 Å². The molecule has 1 unspecified atom stereocenters. The third kappa shape index (κ3) is 29.8. The molecule has 1 atom stereocenters. The fourth-order valence-electron chi connectivity index (χ4n) is 6.70. The van der Waals surface area contributed by atoms with Crippen molar-refractivity contribution in [2.45, 2.75) is 226 Å². The van der Waals surface area contributed by atoms with E-state index in [-0.39, 0.29) is 0 Å². The molecule has 41 heavy (non-hydrogen) atoms. The molecular formula is C39H83N2+. The summed E-state index contributed by atoms with van der Waals surface area (Å²) >= 11 is 0. The van der Waals surface area contributed by atoms with Crippen molar-refractivity contribution in [3.8, 4) is 0 Å². The standard InChI is InChI=1S/C39H83N2/c1-6-9-11-13-15-17-19-21-23-24-25-27-29-31-33-35-37-40-39(8-3)41(4,5)38-36-34-32-30-28-26-22-20-18-16-14-12-10-7-2/h39-40H,6-38H2,1-5H3/q+1. The second kappa shape index (κ2) is 32.8. The Kier molecular flexibility index (Phi) is 32.8. The van der Waals surface area contributed by atoms with Crippen LogP contribution in [0.1, 0.15) is 220 Å². The lowest BCUT2D eigenvalue weighted by Gasteiger charge is -2.38. The molecule has 0 aliphatic heterocycles. The minimum atomic E-state index is 0.619. The average molecular weight is 580 g/mol. The fraction of sp³-hybridized carbons (Fsp3) is 1.00. The van der Waals surface area contributed by atoms with Gasteiger partial charge in [0.25, 0.3) is 0 Å². The molecule has 0 spiro atoms. The maximum atomic E-state index is 3.93. The van der Waals surface area contributed by atoms with Crippen LogP contribution in [0, 0.1) is 0 Å². The predicted octanol–water partition coefficient (Wildman–Crippen LogP) is 13.1. The molecule has 0 saturated carbocycles. The lowest BCUT2D eigenvalue weighted by molar-refractivity contribution is -0.918. The van der Waals surface area contributed by atoms with Gasteiger partial charge in [-0.05, 0) is 19.3 Å². The van der Waals surface area contributed by atoms with E-state index in [1.165, 1.54) is 212 Å². The third-order valence-electron chi connectivity index (χ3n) is 9.73. The molecule has 0 rings (SSSR count). The summed E-state index contributed by atoms with van der Waals surface area (Å²) in [5.41, 5.74) is 0. The molecule has 0 radical (unpaired) electrons. The second-order valence-electron chi connectivity index (χ2n) is 14.3. The first kappa shape index (κ1) is 40.9. The highest BCUT2D eigenvalue weighted by molar-refractivity contribution is 4.57. The van der Waals surface area contributed by atoms with Crippen molar-refractivity contribution in [2.75, 3.05) is 27.2 Å². The van der Waals surface area contributed by atoms with E-state index in [0.29, 0.717) is 6.17 Å². The highest BCUT2D eigenvalue weighted by atomic mass is 15.4. The van der Waals surface area contributed by atoms with Gasteiger partial charge in [0, 0.05) is 13.0 Å².